The highest BCUT2D eigenvalue weighted by molar-refractivity contribution is 7.89. The second-order valence-corrected chi connectivity index (χ2v) is 8.03. The van der Waals surface area contributed by atoms with Gasteiger partial charge < -0.3 is 14.8 Å². The molecule has 0 fully saturated rings. The van der Waals surface area contributed by atoms with Crippen molar-refractivity contribution in [3.63, 3.8) is 0 Å². The van der Waals surface area contributed by atoms with Crippen LogP contribution in [-0.4, -0.2) is 27.2 Å². The summed E-state index contributed by atoms with van der Waals surface area (Å²) in [4.78, 5) is 12.2. The van der Waals surface area contributed by atoms with Crippen molar-refractivity contribution in [3.05, 3.63) is 47.5 Å². The topological polar surface area (TPSA) is 93.7 Å². The molecule has 0 aromatic heterocycles. The molecule has 2 aromatic carbocycles. The number of nitrogens with one attached hydrogen (secondary N) is 2. The predicted octanol–water partition coefficient (Wildman–Crippen LogP) is 2.93. The quantitative estimate of drug-likeness (QED) is 0.761. The molecule has 1 amide bonds. The summed E-state index contributed by atoms with van der Waals surface area (Å²) in [5.74, 6) is -0.822. The zero-order valence-corrected chi connectivity index (χ0v) is 15.9. The molecule has 1 aliphatic heterocycles. The first-order valence-corrected chi connectivity index (χ1v) is 9.81. The molecule has 0 unspecified atom stereocenters. The third-order valence-electron chi connectivity index (χ3n) is 3.96. The van der Waals surface area contributed by atoms with Gasteiger partial charge in [-0.3, -0.25) is 4.79 Å². The Balaban J connectivity index is 1.56. The van der Waals surface area contributed by atoms with E-state index < -0.39 is 22.2 Å². The highest BCUT2D eigenvalue weighted by Gasteiger charge is 2.43. The van der Waals surface area contributed by atoms with Crippen molar-refractivity contribution < 1.29 is 31.5 Å². The van der Waals surface area contributed by atoms with Gasteiger partial charge in [-0.25, -0.2) is 13.1 Å². The van der Waals surface area contributed by atoms with Crippen LogP contribution >= 0.6 is 0 Å². The van der Waals surface area contributed by atoms with Gasteiger partial charge in [-0.2, -0.15) is 0 Å². The van der Waals surface area contributed by atoms with Crippen molar-refractivity contribution in [1.29, 1.82) is 0 Å². The van der Waals surface area contributed by atoms with Gasteiger partial charge in [-0.1, -0.05) is 12.1 Å². The minimum atomic E-state index is -3.75. The van der Waals surface area contributed by atoms with E-state index in [0.717, 1.165) is 5.56 Å². The molecule has 10 heteroatoms. The van der Waals surface area contributed by atoms with Gasteiger partial charge >= 0.3 is 6.29 Å². The third kappa shape index (κ3) is 4.57. The van der Waals surface area contributed by atoms with Gasteiger partial charge in [0, 0.05) is 24.7 Å². The monoisotopic (exact) mass is 412 g/mol. The fourth-order valence-corrected chi connectivity index (χ4v) is 3.98. The number of hydrogen-bond donors (Lipinski definition) is 2. The number of alkyl halides is 2. The number of rotatable bonds is 6. The van der Waals surface area contributed by atoms with Crippen molar-refractivity contribution in [3.8, 4) is 11.5 Å². The molecular weight excluding hydrogens is 394 g/mol. The maximum Gasteiger partial charge on any atom is 0.586 e. The molecule has 0 bridgehead atoms. The zero-order valence-electron chi connectivity index (χ0n) is 15.1. The van der Waals surface area contributed by atoms with E-state index in [9.17, 15) is 22.0 Å². The average molecular weight is 412 g/mol. The Morgan fingerprint density at radius 2 is 1.79 bits per heavy atom. The summed E-state index contributed by atoms with van der Waals surface area (Å²) in [6.07, 6.45) is -3.88. The van der Waals surface area contributed by atoms with Gasteiger partial charge in [0.05, 0.1) is 4.90 Å². The first-order chi connectivity index (χ1) is 13.1. The second kappa shape index (κ2) is 7.36. The van der Waals surface area contributed by atoms with Crippen LogP contribution in [0.3, 0.4) is 0 Å². The molecule has 0 saturated heterocycles. The van der Waals surface area contributed by atoms with E-state index in [-0.39, 0.29) is 35.0 Å². The molecule has 0 radical (unpaired) electrons. The van der Waals surface area contributed by atoms with Gasteiger partial charge in [-0.05, 0) is 43.2 Å². The summed E-state index contributed by atoms with van der Waals surface area (Å²) in [6.45, 7) is 3.35. The standard InChI is InChI=1S/C18H18F2N2O5S/c1-11-3-4-12(2)16(9-11)28(24,25)21-8-7-17(23)22-13-5-6-14-15(10-13)27-18(19,20)26-14/h3-6,9-10,21H,7-8H2,1-2H3,(H,22,23). The van der Waals surface area contributed by atoms with Crippen LogP contribution < -0.4 is 19.5 Å². The summed E-state index contributed by atoms with van der Waals surface area (Å²) in [7, 11) is -3.75. The molecule has 1 heterocycles. The number of amides is 1. The molecule has 0 aliphatic carbocycles. The lowest BCUT2D eigenvalue weighted by Gasteiger charge is -2.10. The van der Waals surface area contributed by atoms with Crippen LogP contribution in [0.15, 0.2) is 41.3 Å². The lowest BCUT2D eigenvalue weighted by Crippen LogP contribution is -2.28. The Labute approximate surface area is 160 Å². The molecule has 28 heavy (non-hydrogen) atoms. The van der Waals surface area contributed by atoms with Crippen LogP contribution in [0.4, 0.5) is 14.5 Å². The van der Waals surface area contributed by atoms with E-state index in [0.29, 0.717) is 5.56 Å². The highest BCUT2D eigenvalue weighted by atomic mass is 32.2. The number of anilines is 1. The van der Waals surface area contributed by atoms with Crippen molar-refractivity contribution in [2.75, 3.05) is 11.9 Å². The van der Waals surface area contributed by atoms with Crippen molar-refractivity contribution >= 4 is 21.6 Å². The number of aryl methyl sites for hydroxylation is 2. The van der Waals surface area contributed by atoms with Crippen LogP contribution in [0.5, 0.6) is 11.5 Å². The summed E-state index contributed by atoms with van der Waals surface area (Å²) >= 11 is 0. The first kappa shape index (κ1) is 20.0. The largest absolute Gasteiger partial charge is 0.586 e. The van der Waals surface area contributed by atoms with E-state index in [4.69, 9.17) is 0 Å². The number of fused-ring (bicyclic) bond motifs is 1. The number of ether oxygens (including phenoxy) is 2. The van der Waals surface area contributed by atoms with Crippen molar-refractivity contribution in [2.24, 2.45) is 0 Å². The molecule has 0 spiro atoms. The van der Waals surface area contributed by atoms with Gasteiger partial charge in [0.2, 0.25) is 15.9 Å². The Bertz CT molecular complexity index is 1020. The predicted molar refractivity (Wildman–Crippen MR) is 97.0 cm³/mol. The maximum atomic E-state index is 13.0. The lowest BCUT2D eigenvalue weighted by atomic mass is 10.2. The van der Waals surface area contributed by atoms with Crippen molar-refractivity contribution in [2.45, 2.75) is 31.5 Å². The molecule has 2 aromatic rings. The number of halogens is 2. The number of hydrogen-bond acceptors (Lipinski definition) is 5. The normalized spacial score (nSPS) is 14.7. The molecule has 3 rings (SSSR count). The summed E-state index contributed by atoms with van der Waals surface area (Å²) in [6, 6.07) is 8.90. The van der Waals surface area contributed by atoms with Crippen molar-refractivity contribution in [1.82, 2.24) is 4.72 Å². The van der Waals surface area contributed by atoms with E-state index in [1.807, 2.05) is 6.07 Å². The number of carbonyl (C=O) groups excluding carboxylic acids is 1. The number of sulfonamides is 1. The van der Waals surface area contributed by atoms with Crippen LogP contribution in [0.25, 0.3) is 0 Å². The number of benzene rings is 2. The molecule has 1 aliphatic rings. The summed E-state index contributed by atoms with van der Waals surface area (Å²) < 4.78 is 61.8. The van der Waals surface area contributed by atoms with Crippen LogP contribution in [0.2, 0.25) is 0 Å². The van der Waals surface area contributed by atoms with Crippen LogP contribution in [0.1, 0.15) is 17.5 Å². The van der Waals surface area contributed by atoms with Gasteiger partial charge in [0.25, 0.3) is 0 Å². The van der Waals surface area contributed by atoms with E-state index >= 15 is 0 Å². The fourth-order valence-electron chi connectivity index (χ4n) is 2.62. The Morgan fingerprint density at radius 3 is 2.54 bits per heavy atom. The zero-order chi connectivity index (χ0) is 20.5. The fraction of sp³-hybridized carbons (Fsp3) is 0.278. The minimum Gasteiger partial charge on any atom is -0.395 e. The van der Waals surface area contributed by atoms with Crippen LogP contribution in [0, 0.1) is 13.8 Å². The van der Waals surface area contributed by atoms with Gasteiger partial charge in [0.15, 0.2) is 11.5 Å². The van der Waals surface area contributed by atoms with Gasteiger partial charge in [-0.15, -0.1) is 8.78 Å². The average Bonchev–Trinajstić information content (AvgIpc) is 2.89. The van der Waals surface area contributed by atoms with E-state index in [1.54, 1.807) is 26.0 Å². The third-order valence-corrected chi connectivity index (χ3v) is 5.57. The highest BCUT2D eigenvalue weighted by Crippen LogP contribution is 2.42. The molecule has 7 nitrogen and oxygen atoms in total. The van der Waals surface area contributed by atoms with Crippen LogP contribution in [-0.2, 0) is 14.8 Å². The maximum absolute atomic E-state index is 13.0. The summed E-state index contributed by atoms with van der Waals surface area (Å²) in [5.41, 5.74) is 1.62. The van der Waals surface area contributed by atoms with E-state index in [2.05, 4.69) is 19.5 Å². The molecule has 0 atom stereocenters. The Kier molecular flexibility index (Phi) is 5.26. The van der Waals surface area contributed by atoms with E-state index in [1.165, 1.54) is 18.2 Å². The second-order valence-electron chi connectivity index (χ2n) is 6.29. The molecular formula is C18H18F2N2O5S. The lowest BCUT2D eigenvalue weighted by molar-refractivity contribution is -0.286. The SMILES string of the molecule is Cc1ccc(C)c(S(=O)(=O)NCCC(=O)Nc2ccc3c(c2)OC(F)(F)O3)c1. The Hall–Kier alpha value is -2.72. The first-order valence-electron chi connectivity index (χ1n) is 8.32. The smallest absolute Gasteiger partial charge is 0.395 e. The van der Waals surface area contributed by atoms with Gasteiger partial charge in [0.1, 0.15) is 0 Å². The number of carbonyl (C=O) groups is 1. The minimum absolute atomic E-state index is 0.121. The molecule has 150 valence electrons. The Morgan fingerprint density at radius 1 is 1.07 bits per heavy atom. The molecule has 2 N–H and O–H groups in total. The molecule has 0 saturated carbocycles. The summed E-state index contributed by atoms with van der Waals surface area (Å²) in [5, 5.41) is 2.49.